The van der Waals surface area contributed by atoms with Crippen LogP contribution in [-0.4, -0.2) is 23.8 Å². The van der Waals surface area contributed by atoms with E-state index in [9.17, 15) is 9.90 Å². The van der Waals surface area contributed by atoms with E-state index in [1.165, 1.54) is 0 Å². The van der Waals surface area contributed by atoms with E-state index in [0.717, 1.165) is 32.1 Å². The molecule has 0 aliphatic carbocycles. The highest BCUT2D eigenvalue weighted by Crippen LogP contribution is 2.01. The monoisotopic (exact) mass is 346 g/mol. The number of aliphatic hydroxyl groups excluding tert-OH is 1. The van der Waals surface area contributed by atoms with Crippen molar-refractivity contribution in [2.45, 2.75) is 64.9 Å². The lowest BCUT2D eigenvalue weighted by atomic mass is 10.2. The fourth-order valence-electron chi connectivity index (χ4n) is 1.99. The molecule has 0 aromatic carbocycles. The van der Waals surface area contributed by atoms with Crippen molar-refractivity contribution in [1.82, 2.24) is 0 Å². The molecule has 0 spiro atoms. The molecule has 0 aliphatic rings. The summed E-state index contributed by atoms with van der Waals surface area (Å²) in [5.41, 5.74) is 0. The van der Waals surface area contributed by atoms with Gasteiger partial charge in [0, 0.05) is 6.42 Å². The van der Waals surface area contributed by atoms with E-state index in [4.69, 9.17) is 4.74 Å². The fraction of sp³-hybridized carbons (Fsp3) is 0.500. The second-order valence-electron chi connectivity index (χ2n) is 5.61. The number of ether oxygens (including phenoxy) is 1. The Balaban J connectivity index is 3.68. The van der Waals surface area contributed by atoms with Crippen LogP contribution in [-0.2, 0) is 9.53 Å². The number of hydrogen-bond donors (Lipinski definition) is 1. The molecule has 0 saturated carbocycles. The maximum Gasteiger partial charge on any atom is 0.305 e. The van der Waals surface area contributed by atoms with E-state index < -0.39 is 6.10 Å². The van der Waals surface area contributed by atoms with Gasteiger partial charge in [-0.1, -0.05) is 67.7 Å². The predicted molar refractivity (Wildman–Crippen MR) is 106 cm³/mol. The summed E-state index contributed by atoms with van der Waals surface area (Å²) in [5.74, 6) is -0.119. The number of unbranched alkanes of at least 4 members (excludes halogenated alkanes) is 1. The van der Waals surface area contributed by atoms with Gasteiger partial charge in [-0.15, -0.1) is 0 Å². The molecule has 0 heterocycles. The topological polar surface area (TPSA) is 46.5 Å². The maximum atomic E-state index is 11.1. The zero-order valence-electron chi connectivity index (χ0n) is 15.8. The molecule has 0 rings (SSSR count). The highest BCUT2D eigenvalue weighted by molar-refractivity contribution is 5.69. The summed E-state index contributed by atoms with van der Waals surface area (Å²) in [4.78, 5) is 11.1. The Morgan fingerprint density at radius 3 is 2.44 bits per heavy atom. The van der Waals surface area contributed by atoms with Crippen molar-refractivity contribution in [3.8, 4) is 0 Å². The van der Waals surface area contributed by atoms with Crippen molar-refractivity contribution < 1.29 is 14.6 Å². The molecule has 1 N–H and O–H groups in total. The first kappa shape index (κ1) is 23.1. The van der Waals surface area contributed by atoms with Crippen molar-refractivity contribution >= 4 is 5.97 Å². The van der Waals surface area contributed by atoms with Crippen LogP contribution in [0.2, 0.25) is 0 Å². The Morgan fingerprint density at radius 1 is 0.960 bits per heavy atom. The fourth-order valence-corrected chi connectivity index (χ4v) is 1.99. The Kier molecular flexibility index (Phi) is 17.1. The second kappa shape index (κ2) is 18.5. The van der Waals surface area contributed by atoms with Crippen molar-refractivity contribution in [3.05, 3.63) is 60.8 Å². The molecular weight excluding hydrogens is 312 g/mol. The molecule has 0 aromatic heterocycles. The molecule has 3 nitrogen and oxygen atoms in total. The number of hydrogen-bond acceptors (Lipinski definition) is 3. The zero-order valence-corrected chi connectivity index (χ0v) is 15.8. The van der Waals surface area contributed by atoms with Gasteiger partial charge in [-0.3, -0.25) is 4.79 Å². The van der Waals surface area contributed by atoms with E-state index in [-0.39, 0.29) is 5.97 Å². The van der Waals surface area contributed by atoms with Crippen LogP contribution in [0.5, 0.6) is 0 Å². The number of esters is 1. The Morgan fingerprint density at radius 2 is 1.68 bits per heavy atom. The summed E-state index contributed by atoms with van der Waals surface area (Å²) in [5, 5.41) is 9.79. The largest absolute Gasteiger partial charge is 0.466 e. The summed E-state index contributed by atoms with van der Waals surface area (Å²) in [6.45, 7) is 4.39. The highest BCUT2D eigenvalue weighted by atomic mass is 16.5. The lowest BCUT2D eigenvalue weighted by Crippen LogP contribution is -2.02. The SMILES string of the molecule is CC/C=C\C/C=C\CC(O)/C=C/C=C\C/C=C\CCCC(=O)OCC. The molecule has 0 amide bonds. The van der Waals surface area contributed by atoms with Crippen LogP contribution in [0.1, 0.15) is 58.8 Å². The van der Waals surface area contributed by atoms with Crippen molar-refractivity contribution in [3.63, 3.8) is 0 Å². The van der Waals surface area contributed by atoms with Crippen LogP contribution in [0.3, 0.4) is 0 Å². The van der Waals surface area contributed by atoms with Gasteiger partial charge >= 0.3 is 5.97 Å². The first-order valence-electron chi connectivity index (χ1n) is 9.32. The summed E-state index contributed by atoms with van der Waals surface area (Å²) in [6.07, 6.45) is 25.4. The Hall–Kier alpha value is -1.87. The van der Waals surface area contributed by atoms with Crippen molar-refractivity contribution in [2.24, 2.45) is 0 Å². The van der Waals surface area contributed by atoms with Crippen molar-refractivity contribution in [1.29, 1.82) is 0 Å². The molecule has 0 radical (unpaired) electrons. The zero-order chi connectivity index (χ0) is 18.6. The maximum absolute atomic E-state index is 11.1. The quantitative estimate of drug-likeness (QED) is 0.197. The van der Waals surface area contributed by atoms with E-state index in [1.807, 2.05) is 31.2 Å². The van der Waals surface area contributed by atoms with Gasteiger partial charge in [-0.05, 0) is 45.4 Å². The summed E-state index contributed by atoms with van der Waals surface area (Å²) < 4.78 is 4.87. The highest BCUT2D eigenvalue weighted by Gasteiger charge is 1.98. The number of allylic oxidation sites excluding steroid dienone is 8. The normalized spacial score (nSPS) is 13.9. The van der Waals surface area contributed by atoms with E-state index in [1.54, 1.807) is 6.08 Å². The van der Waals surface area contributed by atoms with Crippen LogP contribution in [0.4, 0.5) is 0 Å². The summed E-state index contributed by atoms with van der Waals surface area (Å²) >= 11 is 0. The van der Waals surface area contributed by atoms with Gasteiger partial charge in [0.2, 0.25) is 0 Å². The molecule has 140 valence electrons. The van der Waals surface area contributed by atoms with Gasteiger partial charge in [0.15, 0.2) is 0 Å². The molecule has 0 saturated heterocycles. The van der Waals surface area contributed by atoms with E-state index >= 15 is 0 Å². The minimum atomic E-state index is -0.436. The molecule has 0 aliphatic heterocycles. The van der Waals surface area contributed by atoms with Crippen LogP contribution < -0.4 is 0 Å². The average Bonchev–Trinajstić information content (AvgIpc) is 2.59. The predicted octanol–water partition coefficient (Wildman–Crippen LogP) is 5.44. The smallest absolute Gasteiger partial charge is 0.305 e. The van der Waals surface area contributed by atoms with Gasteiger partial charge in [0.1, 0.15) is 0 Å². The first-order valence-corrected chi connectivity index (χ1v) is 9.32. The third-order valence-corrected chi connectivity index (χ3v) is 3.30. The standard InChI is InChI=1S/C22H34O3/c1-3-5-6-7-12-15-18-21(23)19-16-13-10-8-9-11-14-17-20-22(24)25-4-2/h5-6,9-13,15-16,19,21,23H,3-4,7-8,14,17-18,20H2,1-2H3/b6-5-,11-9-,13-10-,15-12-,19-16+. The Bertz CT molecular complexity index is 456. The Labute approximate surface area is 153 Å². The van der Waals surface area contributed by atoms with Crippen LogP contribution >= 0.6 is 0 Å². The molecule has 0 fully saturated rings. The molecule has 0 aromatic rings. The average molecular weight is 347 g/mol. The van der Waals surface area contributed by atoms with Crippen molar-refractivity contribution in [2.75, 3.05) is 6.61 Å². The number of rotatable bonds is 14. The minimum absolute atomic E-state index is 0.119. The van der Waals surface area contributed by atoms with Crippen LogP contribution in [0.25, 0.3) is 0 Å². The number of carbonyl (C=O) groups is 1. The van der Waals surface area contributed by atoms with E-state index in [2.05, 4.69) is 37.3 Å². The first-order chi connectivity index (χ1) is 12.2. The van der Waals surface area contributed by atoms with Gasteiger partial charge in [-0.25, -0.2) is 0 Å². The van der Waals surface area contributed by atoms with E-state index in [0.29, 0.717) is 19.4 Å². The summed E-state index contributed by atoms with van der Waals surface area (Å²) in [7, 11) is 0. The molecule has 1 unspecified atom stereocenters. The lowest BCUT2D eigenvalue weighted by Gasteiger charge is -1.99. The van der Waals surface area contributed by atoms with Gasteiger partial charge in [-0.2, -0.15) is 0 Å². The lowest BCUT2D eigenvalue weighted by molar-refractivity contribution is -0.143. The van der Waals surface area contributed by atoms with Gasteiger partial charge in [0.25, 0.3) is 0 Å². The third kappa shape index (κ3) is 18.3. The van der Waals surface area contributed by atoms with Crippen LogP contribution in [0, 0.1) is 0 Å². The third-order valence-electron chi connectivity index (χ3n) is 3.30. The molecule has 0 bridgehead atoms. The van der Waals surface area contributed by atoms with Crippen LogP contribution in [0.15, 0.2) is 60.8 Å². The molecular formula is C22H34O3. The number of aliphatic hydroxyl groups is 1. The van der Waals surface area contributed by atoms with Gasteiger partial charge in [0.05, 0.1) is 12.7 Å². The summed E-state index contributed by atoms with van der Waals surface area (Å²) in [6, 6.07) is 0. The molecule has 25 heavy (non-hydrogen) atoms. The molecule has 1 atom stereocenters. The minimum Gasteiger partial charge on any atom is -0.466 e. The van der Waals surface area contributed by atoms with Gasteiger partial charge < -0.3 is 9.84 Å². The number of carbonyl (C=O) groups excluding carboxylic acids is 1. The second-order valence-corrected chi connectivity index (χ2v) is 5.61. The molecule has 3 heteroatoms.